The fourth-order valence-corrected chi connectivity index (χ4v) is 1.90. The van der Waals surface area contributed by atoms with Gasteiger partial charge in [0.2, 0.25) is 0 Å². The van der Waals surface area contributed by atoms with Gasteiger partial charge in [-0.05, 0) is 37.0 Å². The van der Waals surface area contributed by atoms with Crippen molar-refractivity contribution in [3.8, 4) is 0 Å². The highest BCUT2D eigenvalue weighted by Crippen LogP contribution is 2.26. The van der Waals surface area contributed by atoms with Gasteiger partial charge in [0, 0.05) is 6.42 Å². The van der Waals surface area contributed by atoms with Gasteiger partial charge >= 0.3 is 0 Å². The average molecular weight is 178 g/mol. The quantitative estimate of drug-likeness (QED) is 0.597. The molecular formula is C11H11FO. The van der Waals surface area contributed by atoms with Gasteiger partial charge in [0.15, 0.2) is 5.78 Å². The van der Waals surface area contributed by atoms with Crippen LogP contribution in [0.5, 0.6) is 0 Å². The van der Waals surface area contributed by atoms with Crippen molar-refractivity contribution in [3.63, 3.8) is 0 Å². The molecule has 0 saturated carbocycles. The van der Waals surface area contributed by atoms with Crippen molar-refractivity contribution in [2.24, 2.45) is 0 Å². The molecule has 13 heavy (non-hydrogen) atoms. The summed E-state index contributed by atoms with van der Waals surface area (Å²) in [4.78, 5) is 11.4. The smallest absolute Gasteiger partial charge is 0.166 e. The third-order valence-electron chi connectivity index (χ3n) is 2.61. The first kappa shape index (κ1) is 8.42. The molecule has 68 valence electrons. The fraction of sp³-hybridized carbons (Fsp3) is 0.364. The van der Waals surface area contributed by atoms with Crippen molar-refractivity contribution in [2.75, 3.05) is 0 Å². The van der Waals surface area contributed by atoms with Crippen molar-refractivity contribution in [3.05, 3.63) is 34.6 Å². The molecule has 0 radical (unpaired) electrons. The highest BCUT2D eigenvalue weighted by molar-refractivity contribution is 5.99. The molecule has 1 aromatic carbocycles. The minimum absolute atomic E-state index is 0.0394. The van der Waals surface area contributed by atoms with Gasteiger partial charge in [-0.25, -0.2) is 4.39 Å². The van der Waals surface area contributed by atoms with E-state index in [0.717, 1.165) is 24.0 Å². The summed E-state index contributed by atoms with van der Waals surface area (Å²) < 4.78 is 13.3. The lowest BCUT2D eigenvalue weighted by molar-refractivity contribution is 0.0968. The first-order valence-corrected chi connectivity index (χ1v) is 4.51. The Hall–Kier alpha value is -1.18. The molecule has 0 spiro atoms. The van der Waals surface area contributed by atoms with E-state index in [9.17, 15) is 9.18 Å². The number of rotatable bonds is 0. The molecule has 0 fully saturated rings. The summed E-state index contributed by atoms with van der Waals surface area (Å²) in [6.07, 6.45) is 2.19. The summed E-state index contributed by atoms with van der Waals surface area (Å²) in [7, 11) is 0. The largest absolute Gasteiger partial charge is 0.294 e. The van der Waals surface area contributed by atoms with Gasteiger partial charge in [0.25, 0.3) is 0 Å². The lowest BCUT2D eigenvalue weighted by Gasteiger charge is -2.17. The van der Waals surface area contributed by atoms with E-state index in [1.807, 2.05) is 6.92 Å². The predicted octanol–water partition coefficient (Wildman–Crippen LogP) is 2.65. The Kier molecular flexibility index (Phi) is 1.91. The summed E-state index contributed by atoms with van der Waals surface area (Å²) in [6, 6.07) is 3.13. The molecule has 0 aliphatic heterocycles. The van der Waals surface area contributed by atoms with Gasteiger partial charge in [-0.2, -0.15) is 0 Å². The van der Waals surface area contributed by atoms with E-state index in [1.165, 1.54) is 6.07 Å². The van der Waals surface area contributed by atoms with Crippen LogP contribution in [-0.4, -0.2) is 5.78 Å². The summed E-state index contributed by atoms with van der Waals surface area (Å²) >= 11 is 0. The van der Waals surface area contributed by atoms with Crippen LogP contribution < -0.4 is 0 Å². The average Bonchev–Trinajstić information content (AvgIpc) is 2.12. The van der Waals surface area contributed by atoms with Gasteiger partial charge in [-0.1, -0.05) is 6.07 Å². The zero-order chi connectivity index (χ0) is 9.42. The number of fused-ring (bicyclic) bond motifs is 1. The van der Waals surface area contributed by atoms with Crippen molar-refractivity contribution in [2.45, 2.75) is 26.2 Å². The summed E-state index contributed by atoms with van der Waals surface area (Å²) in [5.41, 5.74) is 2.28. The molecular weight excluding hydrogens is 167 g/mol. The lowest BCUT2D eigenvalue weighted by atomic mass is 9.87. The van der Waals surface area contributed by atoms with Crippen LogP contribution in [0.1, 0.15) is 34.3 Å². The van der Waals surface area contributed by atoms with Crippen LogP contribution in [0.2, 0.25) is 0 Å². The second kappa shape index (κ2) is 2.95. The number of benzene rings is 1. The number of carbonyl (C=O) groups excluding carboxylic acids is 1. The van der Waals surface area contributed by atoms with E-state index < -0.39 is 0 Å². The number of ketones is 1. The Morgan fingerprint density at radius 1 is 1.31 bits per heavy atom. The first-order valence-electron chi connectivity index (χ1n) is 4.51. The van der Waals surface area contributed by atoms with Gasteiger partial charge < -0.3 is 0 Å². The molecule has 1 aliphatic rings. The van der Waals surface area contributed by atoms with Crippen molar-refractivity contribution in [1.82, 2.24) is 0 Å². The molecule has 0 atom stereocenters. The monoisotopic (exact) mass is 178 g/mol. The minimum atomic E-state index is -0.356. The summed E-state index contributed by atoms with van der Waals surface area (Å²) in [5.74, 6) is -0.396. The molecule has 0 heterocycles. The lowest BCUT2D eigenvalue weighted by Crippen LogP contribution is -2.14. The molecule has 2 heteroatoms. The number of halogens is 1. The maximum Gasteiger partial charge on any atom is 0.166 e. The van der Waals surface area contributed by atoms with Crippen molar-refractivity contribution in [1.29, 1.82) is 0 Å². The zero-order valence-corrected chi connectivity index (χ0v) is 7.56. The van der Waals surface area contributed by atoms with E-state index >= 15 is 0 Å². The predicted molar refractivity (Wildman–Crippen MR) is 48.4 cm³/mol. The maximum absolute atomic E-state index is 13.3. The SMILES string of the molecule is Cc1ccc(F)c2c1CCCC2=O. The molecule has 0 N–H and O–H groups in total. The third-order valence-corrected chi connectivity index (χ3v) is 2.61. The van der Waals surface area contributed by atoms with E-state index in [0.29, 0.717) is 12.0 Å². The summed E-state index contributed by atoms with van der Waals surface area (Å²) in [5, 5.41) is 0. The Morgan fingerprint density at radius 3 is 2.77 bits per heavy atom. The fourth-order valence-electron chi connectivity index (χ4n) is 1.90. The van der Waals surface area contributed by atoms with Crippen LogP contribution in [0.4, 0.5) is 4.39 Å². The molecule has 0 aromatic heterocycles. The van der Waals surface area contributed by atoms with E-state index in [2.05, 4.69) is 0 Å². The van der Waals surface area contributed by atoms with E-state index in [4.69, 9.17) is 0 Å². The van der Waals surface area contributed by atoms with Crippen molar-refractivity contribution >= 4 is 5.78 Å². The molecule has 0 amide bonds. The maximum atomic E-state index is 13.3. The Balaban J connectivity index is 2.67. The normalized spacial score (nSPS) is 15.7. The van der Waals surface area contributed by atoms with Gasteiger partial charge in [0.1, 0.15) is 5.82 Å². The second-order valence-corrected chi connectivity index (χ2v) is 3.49. The van der Waals surface area contributed by atoms with Gasteiger partial charge in [0.05, 0.1) is 5.56 Å². The topological polar surface area (TPSA) is 17.1 Å². The standard InChI is InChI=1S/C11H11FO/c1-7-5-6-9(12)11-8(7)3-2-4-10(11)13/h5-6H,2-4H2,1H3. The first-order chi connectivity index (χ1) is 6.20. The van der Waals surface area contributed by atoms with Crippen LogP contribution in [0.25, 0.3) is 0 Å². The van der Waals surface area contributed by atoms with Crippen LogP contribution in [0.15, 0.2) is 12.1 Å². The Labute approximate surface area is 76.6 Å². The van der Waals surface area contributed by atoms with E-state index in [-0.39, 0.29) is 11.6 Å². The molecule has 0 bridgehead atoms. The van der Waals surface area contributed by atoms with Crippen LogP contribution in [0.3, 0.4) is 0 Å². The second-order valence-electron chi connectivity index (χ2n) is 3.49. The number of carbonyl (C=O) groups is 1. The van der Waals surface area contributed by atoms with Gasteiger partial charge in [-0.3, -0.25) is 4.79 Å². The van der Waals surface area contributed by atoms with Gasteiger partial charge in [-0.15, -0.1) is 0 Å². The molecule has 2 rings (SSSR count). The molecule has 0 unspecified atom stereocenters. The third kappa shape index (κ3) is 1.26. The van der Waals surface area contributed by atoms with E-state index in [1.54, 1.807) is 6.07 Å². The van der Waals surface area contributed by atoms with Crippen LogP contribution >= 0.6 is 0 Å². The Morgan fingerprint density at radius 2 is 2.08 bits per heavy atom. The Bertz CT molecular complexity index is 369. The minimum Gasteiger partial charge on any atom is -0.294 e. The highest BCUT2D eigenvalue weighted by Gasteiger charge is 2.21. The molecule has 1 nitrogen and oxygen atoms in total. The number of Topliss-reactive ketones (excluding diaryl/α,β-unsaturated/α-hetero) is 1. The molecule has 1 aliphatic carbocycles. The van der Waals surface area contributed by atoms with Crippen LogP contribution in [0, 0.1) is 12.7 Å². The van der Waals surface area contributed by atoms with Crippen LogP contribution in [-0.2, 0) is 6.42 Å². The number of hydrogen-bond acceptors (Lipinski definition) is 1. The summed E-state index contributed by atoms with van der Waals surface area (Å²) in [6.45, 7) is 1.93. The number of hydrogen-bond donors (Lipinski definition) is 0. The molecule has 0 saturated heterocycles. The molecule has 1 aromatic rings. The highest BCUT2D eigenvalue weighted by atomic mass is 19.1. The zero-order valence-electron chi connectivity index (χ0n) is 7.56. The van der Waals surface area contributed by atoms with Crippen molar-refractivity contribution < 1.29 is 9.18 Å². The number of aryl methyl sites for hydroxylation is 1.